The number of hydrogen-bond acceptors (Lipinski definition) is 3. The highest BCUT2D eigenvalue weighted by Gasteiger charge is 2.26. The highest BCUT2D eigenvalue weighted by molar-refractivity contribution is 6.02. The number of imide groups is 1. The molecule has 1 fully saturated rings. The molecule has 0 aromatic carbocycles. The predicted molar refractivity (Wildman–Crippen MR) is 43.8 cm³/mol. The van der Waals surface area contributed by atoms with Gasteiger partial charge in [0.15, 0.2) is 0 Å². The maximum absolute atomic E-state index is 10.9. The van der Waals surface area contributed by atoms with Crippen LogP contribution < -0.4 is 10.6 Å². The Bertz CT molecular complexity index is 251. The third-order valence-corrected chi connectivity index (χ3v) is 1.76. The van der Waals surface area contributed by atoms with Crippen LogP contribution in [0.2, 0.25) is 0 Å². The van der Waals surface area contributed by atoms with Gasteiger partial charge in [0.05, 0.1) is 0 Å². The molecular weight excluding hydrogens is 174 g/mol. The van der Waals surface area contributed by atoms with Crippen molar-refractivity contribution in [1.29, 1.82) is 0 Å². The molecule has 2 N–H and O–H groups in total. The third-order valence-electron chi connectivity index (χ3n) is 1.76. The van der Waals surface area contributed by atoms with Gasteiger partial charge >= 0.3 is 6.03 Å². The number of nitrogens with zero attached hydrogens (tertiary/aromatic N) is 1. The van der Waals surface area contributed by atoms with Crippen molar-refractivity contribution in [1.82, 2.24) is 15.5 Å². The topological polar surface area (TPSA) is 78.5 Å². The second kappa shape index (κ2) is 3.88. The lowest BCUT2D eigenvalue weighted by atomic mass is 10.4. The number of nitrogens with one attached hydrogen (secondary N) is 2. The first-order chi connectivity index (χ1) is 6.13. The quantitative estimate of drug-likeness (QED) is 0.535. The fraction of sp³-hybridized carbons (Fsp3) is 0.571. The average molecular weight is 185 g/mol. The summed E-state index contributed by atoms with van der Waals surface area (Å²) < 4.78 is 0. The van der Waals surface area contributed by atoms with Gasteiger partial charge in [0.2, 0.25) is 11.8 Å². The van der Waals surface area contributed by atoms with Crippen LogP contribution in [0, 0.1) is 0 Å². The SMILES string of the molecule is CNC(=O)CCN1CC(=O)NC1=O. The smallest absolute Gasteiger partial charge is 0.324 e. The molecule has 0 atom stereocenters. The molecule has 0 bridgehead atoms. The number of hydrogen-bond donors (Lipinski definition) is 2. The molecule has 1 rings (SSSR count). The summed E-state index contributed by atoms with van der Waals surface area (Å²) >= 11 is 0. The lowest BCUT2D eigenvalue weighted by molar-refractivity contribution is -0.121. The molecule has 13 heavy (non-hydrogen) atoms. The van der Waals surface area contributed by atoms with Crippen LogP contribution in [0.3, 0.4) is 0 Å². The summed E-state index contributed by atoms with van der Waals surface area (Å²) in [7, 11) is 1.53. The number of amides is 4. The Morgan fingerprint density at radius 2 is 2.31 bits per heavy atom. The van der Waals surface area contributed by atoms with Gasteiger partial charge in [0.25, 0.3) is 0 Å². The minimum Gasteiger partial charge on any atom is -0.359 e. The molecule has 1 aliphatic heterocycles. The van der Waals surface area contributed by atoms with Crippen molar-refractivity contribution < 1.29 is 14.4 Å². The van der Waals surface area contributed by atoms with Crippen LogP contribution in [0.15, 0.2) is 0 Å². The van der Waals surface area contributed by atoms with Crippen LogP contribution in [-0.4, -0.2) is 42.9 Å². The van der Waals surface area contributed by atoms with Crippen molar-refractivity contribution in [3.05, 3.63) is 0 Å². The molecule has 6 heteroatoms. The van der Waals surface area contributed by atoms with E-state index in [2.05, 4.69) is 10.6 Å². The number of carbonyl (C=O) groups is 3. The summed E-state index contributed by atoms with van der Waals surface area (Å²) in [4.78, 5) is 33.8. The Kier molecular flexibility index (Phi) is 2.84. The molecule has 1 aliphatic rings. The van der Waals surface area contributed by atoms with E-state index < -0.39 is 6.03 Å². The highest BCUT2D eigenvalue weighted by Crippen LogP contribution is 1.98. The van der Waals surface area contributed by atoms with E-state index in [1.54, 1.807) is 0 Å². The molecule has 0 aromatic heterocycles. The van der Waals surface area contributed by atoms with Gasteiger partial charge in [-0.3, -0.25) is 14.9 Å². The zero-order valence-electron chi connectivity index (χ0n) is 7.29. The Hall–Kier alpha value is -1.59. The Morgan fingerprint density at radius 3 is 2.77 bits per heavy atom. The van der Waals surface area contributed by atoms with E-state index in [1.807, 2.05) is 0 Å². The van der Waals surface area contributed by atoms with Crippen LogP contribution in [0.4, 0.5) is 4.79 Å². The maximum Gasteiger partial charge on any atom is 0.324 e. The minimum atomic E-state index is -0.422. The minimum absolute atomic E-state index is 0.0514. The molecule has 0 aliphatic carbocycles. The first-order valence-electron chi connectivity index (χ1n) is 3.93. The van der Waals surface area contributed by atoms with Crippen molar-refractivity contribution in [3.63, 3.8) is 0 Å². The third kappa shape index (κ3) is 2.43. The van der Waals surface area contributed by atoms with E-state index in [0.29, 0.717) is 0 Å². The van der Waals surface area contributed by atoms with E-state index in [0.717, 1.165) is 0 Å². The second-order valence-corrected chi connectivity index (χ2v) is 2.70. The molecule has 0 radical (unpaired) electrons. The van der Waals surface area contributed by atoms with E-state index in [9.17, 15) is 14.4 Å². The molecule has 0 unspecified atom stereocenters. The van der Waals surface area contributed by atoms with E-state index in [-0.39, 0.29) is 31.3 Å². The van der Waals surface area contributed by atoms with Gasteiger partial charge in [-0.05, 0) is 0 Å². The summed E-state index contributed by atoms with van der Waals surface area (Å²) in [5.41, 5.74) is 0. The number of rotatable bonds is 3. The zero-order chi connectivity index (χ0) is 9.84. The van der Waals surface area contributed by atoms with Gasteiger partial charge in [-0.1, -0.05) is 0 Å². The van der Waals surface area contributed by atoms with Gasteiger partial charge in [0.1, 0.15) is 6.54 Å². The number of urea groups is 1. The highest BCUT2D eigenvalue weighted by atomic mass is 16.2. The molecule has 6 nitrogen and oxygen atoms in total. The monoisotopic (exact) mass is 185 g/mol. The van der Waals surface area contributed by atoms with E-state index in [4.69, 9.17) is 0 Å². The van der Waals surface area contributed by atoms with E-state index in [1.165, 1.54) is 11.9 Å². The van der Waals surface area contributed by atoms with Crippen LogP contribution >= 0.6 is 0 Å². The largest absolute Gasteiger partial charge is 0.359 e. The van der Waals surface area contributed by atoms with Gasteiger partial charge in [-0.2, -0.15) is 0 Å². The summed E-state index contributed by atoms with van der Waals surface area (Å²) in [6.07, 6.45) is 0.219. The van der Waals surface area contributed by atoms with Gasteiger partial charge in [-0.15, -0.1) is 0 Å². The standard InChI is InChI=1S/C7H11N3O3/c1-8-5(11)2-3-10-4-6(12)9-7(10)13/h2-4H2,1H3,(H,8,11)(H,9,12,13). The molecule has 1 heterocycles. The Labute approximate surface area is 75.3 Å². The van der Waals surface area contributed by atoms with Gasteiger partial charge in [-0.25, -0.2) is 4.79 Å². The zero-order valence-corrected chi connectivity index (χ0v) is 7.29. The van der Waals surface area contributed by atoms with Crippen LogP contribution in [0.5, 0.6) is 0 Å². The molecule has 0 spiro atoms. The summed E-state index contributed by atoms with van der Waals surface area (Å²) in [6, 6.07) is -0.422. The molecule has 72 valence electrons. The van der Waals surface area contributed by atoms with Crippen molar-refractivity contribution in [2.24, 2.45) is 0 Å². The lowest BCUT2D eigenvalue weighted by Crippen LogP contribution is -2.32. The Morgan fingerprint density at radius 1 is 1.62 bits per heavy atom. The number of carbonyl (C=O) groups excluding carboxylic acids is 3. The van der Waals surface area contributed by atoms with Crippen LogP contribution in [0.1, 0.15) is 6.42 Å². The summed E-state index contributed by atoms with van der Waals surface area (Å²) in [5.74, 6) is -0.464. The van der Waals surface area contributed by atoms with Gasteiger partial charge in [0, 0.05) is 20.0 Å². The molecule has 0 aromatic rings. The fourth-order valence-electron chi connectivity index (χ4n) is 1.03. The van der Waals surface area contributed by atoms with Crippen molar-refractivity contribution in [3.8, 4) is 0 Å². The molecule has 1 saturated heterocycles. The van der Waals surface area contributed by atoms with Crippen molar-refractivity contribution >= 4 is 17.8 Å². The first-order valence-corrected chi connectivity index (χ1v) is 3.93. The second-order valence-electron chi connectivity index (χ2n) is 2.70. The summed E-state index contributed by atoms with van der Waals surface area (Å²) in [6.45, 7) is 0.326. The summed E-state index contributed by atoms with van der Waals surface area (Å²) in [5, 5.41) is 4.56. The van der Waals surface area contributed by atoms with Crippen LogP contribution in [0.25, 0.3) is 0 Å². The molecule has 0 saturated carbocycles. The fourth-order valence-corrected chi connectivity index (χ4v) is 1.03. The molecular formula is C7H11N3O3. The first kappa shape index (κ1) is 9.50. The van der Waals surface area contributed by atoms with E-state index >= 15 is 0 Å². The van der Waals surface area contributed by atoms with Crippen molar-refractivity contribution in [2.45, 2.75) is 6.42 Å². The predicted octanol–water partition coefficient (Wildman–Crippen LogP) is -1.33. The average Bonchev–Trinajstić information content (AvgIpc) is 2.41. The van der Waals surface area contributed by atoms with Gasteiger partial charge < -0.3 is 10.2 Å². The normalized spacial score (nSPS) is 15.9. The Balaban J connectivity index is 2.33. The molecule has 4 amide bonds. The maximum atomic E-state index is 10.9. The van der Waals surface area contributed by atoms with Crippen molar-refractivity contribution in [2.75, 3.05) is 20.1 Å². The van der Waals surface area contributed by atoms with Crippen LogP contribution in [-0.2, 0) is 9.59 Å². The lowest BCUT2D eigenvalue weighted by Gasteiger charge is -2.11.